The number of amides is 2. The second-order valence-electron chi connectivity index (χ2n) is 5.25. The average Bonchev–Trinajstić information content (AvgIpc) is 2.64. The van der Waals surface area contributed by atoms with Crippen molar-refractivity contribution in [2.75, 3.05) is 0 Å². The van der Waals surface area contributed by atoms with Crippen LogP contribution in [0.2, 0.25) is 0 Å². The molecule has 26 heavy (non-hydrogen) atoms. The van der Waals surface area contributed by atoms with E-state index in [4.69, 9.17) is 0 Å². The minimum atomic E-state index is -2.19. The van der Waals surface area contributed by atoms with E-state index in [-0.39, 0.29) is 72.2 Å². The number of rotatable bonds is 7. The second kappa shape index (κ2) is 13.5. The SMILES string of the molecule is O=C(NCc1ccccc1)[C@@H]([O-])[C@H]([O-])C(=O)NCc1ccccc1.[Na+].[Na+]. The van der Waals surface area contributed by atoms with Crippen molar-refractivity contribution >= 4 is 11.8 Å². The van der Waals surface area contributed by atoms with Gasteiger partial charge in [0.2, 0.25) is 11.8 Å². The largest absolute Gasteiger partial charge is 1.00 e. The third-order valence-electron chi connectivity index (χ3n) is 3.41. The molecular weight excluding hydrogens is 354 g/mol. The molecule has 2 N–H and O–H groups in total. The van der Waals surface area contributed by atoms with Gasteiger partial charge in [-0.05, 0) is 23.3 Å². The summed E-state index contributed by atoms with van der Waals surface area (Å²) in [5, 5.41) is 28.4. The van der Waals surface area contributed by atoms with E-state index in [0.29, 0.717) is 0 Å². The maximum Gasteiger partial charge on any atom is 1.00 e. The zero-order chi connectivity index (χ0) is 17.4. The average molecular weight is 372 g/mol. The Kier molecular flexibility index (Phi) is 13.1. The Morgan fingerprint density at radius 1 is 0.692 bits per heavy atom. The molecule has 0 heterocycles. The van der Waals surface area contributed by atoms with Crippen LogP contribution in [0.25, 0.3) is 0 Å². The van der Waals surface area contributed by atoms with Gasteiger partial charge in [0.25, 0.3) is 0 Å². The zero-order valence-electron chi connectivity index (χ0n) is 15.0. The van der Waals surface area contributed by atoms with Gasteiger partial charge in [-0.15, -0.1) is 0 Å². The third kappa shape index (κ3) is 8.33. The molecule has 2 atom stereocenters. The van der Waals surface area contributed by atoms with Crippen molar-refractivity contribution in [3.63, 3.8) is 0 Å². The molecule has 0 unspecified atom stereocenters. The van der Waals surface area contributed by atoms with E-state index in [0.717, 1.165) is 11.1 Å². The fourth-order valence-electron chi connectivity index (χ4n) is 2.05. The summed E-state index contributed by atoms with van der Waals surface area (Å²) in [4.78, 5) is 23.5. The van der Waals surface area contributed by atoms with Gasteiger partial charge in [0.1, 0.15) is 0 Å². The van der Waals surface area contributed by atoms with Crippen LogP contribution in [0.1, 0.15) is 11.1 Å². The summed E-state index contributed by atoms with van der Waals surface area (Å²) in [6.07, 6.45) is -4.38. The van der Waals surface area contributed by atoms with Gasteiger partial charge in [0.15, 0.2) is 0 Å². The monoisotopic (exact) mass is 372 g/mol. The van der Waals surface area contributed by atoms with Crippen molar-refractivity contribution in [2.45, 2.75) is 25.3 Å². The summed E-state index contributed by atoms with van der Waals surface area (Å²) in [5.41, 5.74) is 1.60. The molecule has 0 fully saturated rings. The molecule has 126 valence electrons. The molecule has 2 amide bonds. The molecule has 0 bridgehead atoms. The molecular formula is C18H18N2Na2O4. The van der Waals surface area contributed by atoms with Crippen LogP contribution >= 0.6 is 0 Å². The van der Waals surface area contributed by atoms with Gasteiger partial charge in [-0.2, -0.15) is 0 Å². The summed E-state index contributed by atoms with van der Waals surface area (Å²) < 4.78 is 0. The van der Waals surface area contributed by atoms with Crippen LogP contribution in [0, 0.1) is 0 Å². The number of hydrogen-bond donors (Lipinski definition) is 2. The van der Waals surface area contributed by atoms with Gasteiger partial charge in [0, 0.05) is 13.1 Å². The van der Waals surface area contributed by atoms with Crippen LogP contribution in [-0.2, 0) is 22.7 Å². The standard InChI is InChI=1S/C18H18N2O4.2Na/c21-15(17(23)19-11-13-7-3-1-4-8-13)16(22)18(24)20-12-14-9-5-2-6-10-14;;/h1-10,15-16H,11-12H2,(H,19,23)(H,20,24);;/q-2;2*+1/t15-,16-;;/m0../s1. The van der Waals surface area contributed by atoms with Crippen LogP contribution in [0.4, 0.5) is 0 Å². The van der Waals surface area contributed by atoms with Gasteiger partial charge in [0.05, 0.1) is 0 Å². The van der Waals surface area contributed by atoms with Gasteiger partial charge >= 0.3 is 59.1 Å². The van der Waals surface area contributed by atoms with E-state index in [9.17, 15) is 19.8 Å². The number of benzene rings is 2. The molecule has 0 saturated carbocycles. The molecule has 2 aromatic carbocycles. The van der Waals surface area contributed by atoms with E-state index < -0.39 is 24.0 Å². The summed E-state index contributed by atoms with van der Waals surface area (Å²) >= 11 is 0. The zero-order valence-corrected chi connectivity index (χ0v) is 19.0. The second-order valence-corrected chi connectivity index (χ2v) is 5.25. The predicted molar refractivity (Wildman–Crippen MR) is 84.2 cm³/mol. The molecule has 0 aromatic heterocycles. The van der Waals surface area contributed by atoms with Crippen LogP contribution in [0.3, 0.4) is 0 Å². The molecule has 0 aliphatic carbocycles. The van der Waals surface area contributed by atoms with Crippen molar-refractivity contribution in [1.29, 1.82) is 0 Å². The first kappa shape index (κ1) is 25.3. The smallest absolute Gasteiger partial charge is 0.845 e. The summed E-state index contributed by atoms with van der Waals surface area (Å²) in [6.45, 7) is 0.271. The van der Waals surface area contributed by atoms with E-state index in [2.05, 4.69) is 10.6 Å². The van der Waals surface area contributed by atoms with Crippen LogP contribution in [0.5, 0.6) is 0 Å². The first-order chi connectivity index (χ1) is 11.6. The van der Waals surface area contributed by atoms with E-state index in [1.165, 1.54) is 0 Å². The third-order valence-corrected chi connectivity index (χ3v) is 3.41. The van der Waals surface area contributed by atoms with E-state index in [1.54, 1.807) is 48.5 Å². The Labute approximate surface area is 197 Å². The first-order valence-corrected chi connectivity index (χ1v) is 7.53. The van der Waals surface area contributed by atoms with E-state index >= 15 is 0 Å². The molecule has 0 radical (unpaired) electrons. The fourth-order valence-corrected chi connectivity index (χ4v) is 2.05. The number of carbonyl (C=O) groups excluding carboxylic acids is 2. The quantitative estimate of drug-likeness (QED) is 0.472. The molecule has 2 rings (SSSR count). The van der Waals surface area contributed by atoms with Crippen molar-refractivity contribution in [2.24, 2.45) is 0 Å². The Bertz CT molecular complexity index is 612. The maximum atomic E-state index is 11.8. The maximum absolute atomic E-state index is 11.8. The van der Waals surface area contributed by atoms with Crippen molar-refractivity contribution in [1.82, 2.24) is 10.6 Å². The molecule has 6 nitrogen and oxygen atoms in total. The number of hydrogen-bond acceptors (Lipinski definition) is 4. The summed E-state index contributed by atoms with van der Waals surface area (Å²) in [5.74, 6) is -1.96. The minimum absolute atomic E-state index is 0. The Hall–Kier alpha value is -0.700. The molecule has 8 heteroatoms. The van der Waals surface area contributed by atoms with Crippen LogP contribution in [0.15, 0.2) is 60.7 Å². The summed E-state index contributed by atoms with van der Waals surface area (Å²) in [6, 6.07) is 17.9. The molecule has 0 saturated heterocycles. The van der Waals surface area contributed by atoms with Crippen LogP contribution < -0.4 is 80.0 Å². The Morgan fingerprint density at radius 2 is 1.00 bits per heavy atom. The molecule has 0 spiro atoms. The van der Waals surface area contributed by atoms with Crippen LogP contribution in [-0.4, -0.2) is 24.0 Å². The van der Waals surface area contributed by atoms with E-state index in [1.807, 2.05) is 12.1 Å². The number of carbonyl (C=O) groups is 2. The van der Waals surface area contributed by atoms with Gasteiger partial charge in [-0.1, -0.05) is 60.7 Å². The Balaban J connectivity index is 0.00000312. The molecule has 2 aromatic rings. The fraction of sp³-hybridized carbons (Fsp3) is 0.222. The Morgan fingerprint density at radius 3 is 1.31 bits per heavy atom. The van der Waals surface area contributed by atoms with Crippen molar-refractivity contribution in [3.05, 3.63) is 71.8 Å². The summed E-state index contributed by atoms with van der Waals surface area (Å²) in [7, 11) is 0. The minimum Gasteiger partial charge on any atom is -0.845 e. The molecule has 0 aliphatic heterocycles. The topological polar surface area (TPSA) is 104 Å². The number of nitrogens with one attached hydrogen (secondary N) is 2. The first-order valence-electron chi connectivity index (χ1n) is 7.53. The normalized spacial score (nSPS) is 11.9. The van der Waals surface area contributed by atoms with Gasteiger partial charge < -0.3 is 20.8 Å². The molecule has 0 aliphatic rings. The van der Waals surface area contributed by atoms with Gasteiger partial charge in [-0.25, -0.2) is 0 Å². The predicted octanol–water partition coefficient (Wildman–Crippen LogP) is -6.92. The van der Waals surface area contributed by atoms with Crippen molar-refractivity contribution in [3.8, 4) is 0 Å². The van der Waals surface area contributed by atoms with Crippen molar-refractivity contribution < 1.29 is 78.9 Å². The van der Waals surface area contributed by atoms with Gasteiger partial charge in [-0.3, -0.25) is 9.59 Å².